The van der Waals surface area contributed by atoms with Crippen LogP contribution in [0.1, 0.15) is 39.5 Å². The molecule has 1 unspecified atom stereocenters. The Balaban J connectivity index is 1.54. The monoisotopic (exact) mass is 480 g/mol. The number of rotatable bonds is 2. The largest absolute Gasteiger partial charge is 0.0939 e. The molecular formula is C29H25BrSi. The first-order valence-corrected chi connectivity index (χ1v) is 15.0. The van der Waals surface area contributed by atoms with E-state index in [1.165, 1.54) is 50.1 Å². The van der Waals surface area contributed by atoms with Crippen LogP contribution in [0.25, 0.3) is 17.2 Å². The minimum absolute atomic E-state index is 0.268. The minimum Gasteiger partial charge on any atom is -0.0786 e. The summed E-state index contributed by atoms with van der Waals surface area (Å²) in [5.74, 6) is 0. The number of hydrogen-bond acceptors (Lipinski definition) is 0. The van der Waals surface area contributed by atoms with E-state index < -0.39 is 8.07 Å². The summed E-state index contributed by atoms with van der Waals surface area (Å²) in [5.41, 5.74) is 13.4. The summed E-state index contributed by atoms with van der Waals surface area (Å²) in [5, 5.41) is 1.62. The predicted octanol–water partition coefficient (Wildman–Crippen LogP) is 8.38. The molecule has 0 fully saturated rings. The molecule has 0 aliphatic heterocycles. The van der Waals surface area contributed by atoms with Crippen molar-refractivity contribution in [2.45, 2.75) is 30.4 Å². The number of alkyl halides is 1. The molecule has 0 aromatic heterocycles. The first-order valence-electron chi connectivity index (χ1n) is 11.0. The molecule has 2 heteroatoms. The molecule has 0 spiro atoms. The lowest BCUT2D eigenvalue weighted by Gasteiger charge is -2.36. The third-order valence-electron chi connectivity index (χ3n) is 7.39. The van der Waals surface area contributed by atoms with Gasteiger partial charge in [0, 0.05) is 5.54 Å². The van der Waals surface area contributed by atoms with E-state index in [2.05, 4.69) is 121 Å². The second kappa shape index (κ2) is 6.79. The van der Waals surface area contributed by atoms with Crippen molar-refractivity contribution in [2.75, 3.05) is 0 Å². The quantitative estimate of drug-likeness (QED) is 0.255. The molecule has 0 radical (unpaired) electrons. The van der Waals surface area contributed by atoms with Crippen molar-refractivity contribution in [3.8, 4) is 11.1 Å². The molecule has 0 bridgehead atoms. The topological polar surface area (TPSA) is 0 Å². The molecule has 0 amide bonds. The number of halogens is 1. The second-order valence-corrected chi connectivity index (χ2v) is 15.0. The van der Waals surface area contributed by atoms with Crippen LogP contribution < -0.4 is 0 Å². The van der Waals surface area contributed by atoms with E-state index in [-0.39, 0.29) is 4.83 Å². The van der Waals surface area contributed by atoms with Gasteiger partial charge in [0.05, 0.1) is 12.9 Å². The van der Waals surface area contributed by atoms with Crippen LogP contribution in [0.4, 0.5) is 0 Å². The Bertz CT molecular complexity index is 1290. The molecule has 0 heterocycles. The summed E-state index contributed by atoms with van der Waals surface area (Å²) >= 11 is 4.03. The van der Waals surface area contributed by atoms with E-state index in [1.807, 2.05) is 0 Å². The van der Waals surface area contributed by atoms with E-state index in [4.69, 9.17) is 0 Å². The van der Waals surface area contributed by atoms with Gasteiger partial charge < -0.3 is 0 Å². The van der Waals surface area contributed by atoms with Crippen LogP contribution in [0, 0.1) is 0 Å². The van der Waals surface area contributed by atoms with Crippen molar-refractivity contribution >= 4 is 30.1 Å². The van der Waals surface area contributed by atoms with Gasteiger partial charge >= 0.3 is 0 Å². The van der Waals surface area contributed by atoms with Crippen LogP contribution in [-0.2, 0) is 0 Å². The Hall–Kier alpha value is -2.42. The van der Waals surface area contributed by atoms with Gasteiger partial charge in [0.1, 0.15) is 0 Å². The zero-order valence-corrected chi connectivity index (χ0v) is 20.7. The molecule has 0 nitrogen and oxygen atoms in total. The lowest BCUT2D eigenvalue weighted by atomic mass is 9.89. The molecule has 3 aliphatic rings. The predicted molar refractivity (Wildman–Crippen MR) is 138 cm³/mol. The fourth-order valence-corrected chi connectivity index (χ4v) is 11.4. The van der Waals surface area contributed by atoms with Crippen molar-refractivity contribution in [1.29, 1.82) is 0 Å². The first-order chi connectivity index (χ1) is 15.0. The molecule has 0 saturated heterocycles. The van der Waals surface area contributed by atoms with E-state index in [9.17, 15) is 0 Å². The first kappa shape index (κ1) is 19.3. The minimum atomic E-state index is -1.92. The van der Waals surface area contributed by atoms with Crippen molar-refractivity contribution in [3.63, 3.8) is 0 Å². The Morgan fingerprint density at radius 2 is 1.26 bits per heavy atom. The van der Waals surface area contributed by atoms with Gasteiger partial charge in [-0.2, -0.15) is 0 Å². The van der Waals surface area contributed by atoms with Gasteiger partial charge in [-0.3, -0.25) is 0 Å². The summed E-state index contributed by atoms with van der Waals surface area (Å²) in [4.78, 5) is 0.268. The third kappa shape index (κ3) is 2.65. The molecule has 152 valence electrons. The number of hydrogen-bond donors (Lipinski definition) is 0. The molecule has 1 atom stereocenters. The average molecular weight is 482 g/mol. The lowest BCUT2D eigenvalue weighted by molar-refractivity contribution is 1.10. The van der Waals surface area contributed by atoms with Gasteiger partial charge in [-0.1, -0.05) is 113 Å². The maximum absolute atomic E-state index is 4.03. The molecule has 6 rings (SSSR count). The molecule has 3 aliphatic carbocycles. The Morgan fingerprint density at radius 1 is 0.710 bits per heavy atom. The maximum Gasteiger partial charge on any atom is 0.0939 e. The Kier molecular flexibility index (Phi) is 4.22. The average Bonchev–Trinajstić information content (AvgIpc) is 3.29. The van der Waals surface area contributed by atoms with Gasteiger partial charge in [0.25, 0.3) is 0 Å². The fraction of sp³-hybridized carbons (Fsp3) is 0.172. The number of fused-ring (bicyclic) bond motifs is 5. The molecular weight excluding hydrogens is 456 g/mol. The normalized spacial score (nSPS) is 19.4. The van der Waals surface area contributed by atoms with E-state index in [0.717, 1.165) is 0 Å². The van der Waals surface area contributed by atoms with Crippen molar-refractivity contribution in [1.82, 2.24) is 0 Å². The van der Waals surface area contributed by atoms with Crippen LogP contribution in [0.15, 0.2) is 101 Å². The molecule has 31 heavy (non-hydrogen) atoms. The number of benzene rings is 3. The molecule has 0 N–H and O–H groups in total. The molecule has 3 aromatic carbocycles. The highest BCUT2D eigenvalue weighted by Crippen LogP contribution is 2.56. The van der Waals surface area contributed by atoms with Crippen LogP contribution in [-0.4, -0.2) is 8.07 Å². The second-order valence-electron chi connectivity index (χ2n) is 9.54. The summed E-state index contributed by atoms with van der Waals surface area (Å²) in [6.45, 7) is 7.49. The van der Waals surface area contributed by atoms with E-state index in [1.54, 1.807) is 5.20 Å². The maximum atomic E-state index is 4.03. The zero-order valence-electron chi connectivity index (χ0n) is 18.1. The standard InChI is InChI=1S/C29H25BrSi/c1-18-16-25-26(17-19-10-4-5-11-20(19)27(25)30)28(18)31(2,3)29-23-14-8-6-12-21(23)22-13-7-9-15-24(22)29/h4-17,27,29H,1-3H3. The van der Waals surface area contributed by atoms with Crippen molar-refractivity contribution < 1.29 is 0 Å². The Morgan fingerprint density at radius 3 is 1.90 bits per heavy atom. The van der Waals surface area contributed by atoms with Crippen LogP contribution in [0.2, 0.25) is 13.1 Å². The molecule has 0 saturated carbocycles. The summed E-state index contributed by atoms with van der Waals surface area (Å²) in [6.07, 6.45) is 4.89. The molecule has 3 aromatic rings. The van der Waals surface area contributed by atoms with Crippen molar-refractivity contribution in [2.24, 2.45) is 0 Å². The summed E-state index contributed by atoms with van der Waals surface area (Å²) < 4.78 is 0. The van der Waals surface area contributed by atoms with Gasteiger partial charge in [-0.05, 0) is 62.7 Å². The highest BCUT2D eigenvalue weighted by atomic mass is 79.9. The van der Waals surface area contributed by atoms with Gasteiger partial charge in [0.2, 0.25) is 0 Å². The van der Waals surface area contributed by atoms with Gasteiger partial charge in [0.15, 0.2) is 0 Å². The summed E-state index contributed by atoms with van der Waals surface area (Å²) in [7, 11) is -1.92. The summed E-state index contributed by atoms with van der Waals surface area (Å²) in [6, 6.07) is 27.0. The number of allylic oxidation sites excluding steroid dienone is 5. The third-order valence-corrected chi connectivity index (χ3v) is 12.4. The van der Waals surface area contributed by atoms with Crippen molar-refractivity contribution in [3.05, 3.63) is 123 Å². The van der Waals surface area contributed by atoms with Crippen LogP contribution in [0.3, 0.4) is 0 Å². The van der Waals surface area contributed by atoms with E-state index in [0.29, 0.717) is 5.54 Å². The smallest absolute Gasteiger partial charge is 0.0786 e. The fourth-order valence-electron chi connectivity index (χ4n) is 6.23. The highest BCUT2D eigenvalue weighted by molar-refractivity contribution is 9.09. The SMILES string of the molecule is CC1=C([Si](C)(C)C2c3ccccc3-c3ccccc32)C2=Cc3ccccc3C(Br)C2=C1. The Labute approximate surface area is 194 Å². The van der Waals surface area contributed by atoms with Crippen LogP contribution in [0.5, 0.6) is 0 Å². The zero-order chi connectivity index (χ0) is 21.3. The highest BCUT2D eigenvalue weighted by Gasteiger charge is 2.46. The van der Waals surface area contributed by atoms with Crippen LogP contribution >= 0.6 is 15.9 Å². The lowest BCUT2D eigenvalue weighted by Crippen LogP contribution is -2.39. The van der Waals surface area contributed by atoms with Gasteiger partial charge in [-0.15, -0.1) is 0 Å². The van der Waals surface area contributed by atoms with E-state index >= 15 is 0 Å². The van der Waals surface area contributed by atoms with Gasteiger partial charge in [-0.25, -0.2) is 0 Å².